The highest BCUT2D eigenvalue weighted by molar-refractivity contribution is 6.30. The van der Waals surface area contributed by atoms with Gasteiger partial charge in [0.05, 0.1) is 5.71 Å². The van der Waals surface area contributed by atoms with Gasteiger partial charge in [-0.15, -0.1) is 0 Å². The Kier molecular flexibility index (Phi) is 5.99. The molecule has 0 fully saturated rings. The molecule has 2 aromatic carbocycles. The van der Waals surface area contributed by atoms with Crippen LogP contribution >= 0.6 is 11.6 Å². The van der Waals surface area contributed by atoms with E-state index < -0.39 is 0 Å². The lowest BCUT2D eigenvalue weighted by Crippen LogP contribution is -2.25. The first-order valence-electron chi connectivity index (χ1n) is 7.66. The van der Waals surface area contributed by atoms with Crippen molar-refractivity contribution in [2.45, 2.75) is 27.7 Å². The molecule has 0 atom stereocenters. The number of amides is 1. The molecular formula is C19H21ClN2O2. The van der Waals surface area contributed by atoms with Gasteiger partial charge in [-0.3, -0.25) is 4.79 Å². The number of halogens is 1. The van der Waals surface area contributed by atoms with E-state index >= 15 is 0 Å². The third-order valence-corrected chi connectivity index (χ3v) is 4.00. The van der Waals surface area contributed by atoms with E-state index in [2.05, 4.69) is 17.5 Å². The van der Waals surface area contributed by atoms with E-state index in [1.165, 1.54) is 11.1 Å². The number of rotatable bonds is 5. The summed E-state index contributed by atoms with van der Waals surface area (Å²) in [6.45, 7) is 7.73. The second kappa shape index (κ2) is 7.97. The Labute approximate surface area is 147 Å². The first-order chi connectivity index (χ1) is 11.4. The molecule has 0 radical (unpaired) electrons. The fourth-order valence-corrected chi connectivity index (χ4v) is 2.35. The van der Waals surface area contributed by atoms with E-state index in [0.717, 1.165) is 16.8 Å². The molecule has 2 aromatic rings. The van der Waals surface area contributed by atoms with Gasteiger partial charge >= 0.3 is 0 Å². The predicted octanol–water partition coefficient (Wildman–Crippen LogP) is 4.18. The van der Waals surface area contributed by atoms with Crippen LogP contribution in [0.3, 0.4) is 0 Å². The number of ether oxygens (including phenoxy) is 1. The number of benzene rings is 2. The first kappa shape index (κ1) is 18.0. The minimum Gasteiger partial charge on any atom is -0.483 e. The van der Waals surface area contributed by atoms with Crippen molar-refractivity contribution in [2.24, 2.45) is 5.10 Å². The van der Waals surface area contributed by atoms with Gasteiger partial charge in [-0.05, 0) is 74.2 Å². The normalized spacial score (nSPS) is 11.3. The van der Waals surface area contributed by atoms with Crippen LogP contribution < -0.4 is 10.2 Å². The zero-order chi connectivity index (χ0) is 17.7. The lowest BCUT2D eigenvalue weighted by Gasteiger charge is -2.09. The molecule has 0 aliphatic heterocycles. The van der Waals surface area contributed by atoms with Crippen LogP contribution in [0, 0.1) is 20.8 Å². The first-order valence-corrected chi connectivity index (χ1v) is 8.04. The van der Waals surface area contributed by atoms with E-state index in [0.29, 0.717) is 10.8 Å². The Balaban J connectivity index is 1.93. The van der Waals surface area contributed by atoms with E-state index in [9.17, 15) is 4.79 Å². The number of hydrogen-bond acceptors (Lipinski definition) is 3. The topological polar surface area (TPSA) is 50.7 Å². The van der Waals surface area contributed by atoms with Crippen LogP contribution in [-0.4, -0.2) is 18.2 Å². The molecule has 1 N–H and O–H groups in total. The van der Waals surface area contributed by atoms with E-state index in [4.69, 9.17) is 16.3 Å². The highest BCUT2D eigenvalue weighted by Gasteiger charge is 2.06. The minimum atomic E-state index is -0.312. The molecule has 4 nitrogen and oxygen atoms in total. The molecule has 0 spiro atoms. The molecule has 5 heteroatoms. The standard InChI is InChI=1S/C19H21ClN2O2/c1-12-5-6-16(9-13(12)2)15(4)21-22-19(23)11-24-18-8-7-17(20)10-14(18)3/h5-10H,11H2,1-4H3,(H,22,23)/b21-15+. The second-order valence-corrected chi connectivity index (χ2v) is 6.17. The average molecular weight is 345 g/mol. The molecule has 0 heterocycles. The lowest BCUT2D eigenvalue weighted by molar-refractivity contribution is -0.123. The summed E-state index contributed by atoms with van der Waals surface area (Å²) in [4.78, 5) is 11.9. The highest BCUT2D eigenvalue weighted by Crippen LogP contribution is 2.21. The Hall–Kier alpha value is -2.33. The number of carbonyl (C=O) groups is 1. The van der Waals surface area contributed by atoms with Gasteiger partial charge in [0, 0.05) is 5.02 Å². The predicted molar refractivity (Wildman–Crippen MR) is 98.0 cm³/mol. The maximum Gasteiger partial charge on any atom is 0.277 e. The smallest absolute Gasteiger partial charge is 0.277 e. The van der Waals surface area contributed by atoms with Crippen LogP contribution in [0.25, 0.3) is 0 Å². The quantitative estimate of drug-likeness (QED) is 0.653. The molecular weight excluding hydrogens is 324 g/mol. The van der Waals surface area contributed by atoms with Crippen LogP contribution in [-0.2, 0) is 4.79 Å². The maximum atomic E-state index is 11.9. The molecule has 2 rings (SSSR count). The van der Waals surface area contributed by atoms with Crippen LogP contribution in [0.5, 0.6) is 5.75 Å². The SMILES string of the molecule is C/C(=N\NC(=O)COc1ccc(Cl)cc1C)c1ccc(C)c(C)c1. The maximum absolute atomic E-state index is 11.9. The zero-order valence-corrected chi connectivity index (χ0v) is 15.1. The Morgan fingerprint density at radius 3 is 2.50 bits per heavy atom. The fraction of sp³-hybridized carbons (Fsp3) is 0.263. The summed E-state index contributed by atoms with van der Waals surface area (Å²) < 4.78 is 5.49. The monoisotopic (exact) mass is 344 g/mol. The summed E-state index contributed by atoms with van der Waals surface area (Å²) in [6, 6.07) is 11.3. The van der Waals surface area contributed by atoms with Crippen molar-refractivity contribution in [3.05, 3.63) is 63.7 Å². The molecule has 0 unspecified atom stereocenters. The molecule has 0 aliphatic carbocycles. The summed E-state index contributed by atoms with van der Waals surface area (Å²) in [5.41, 5.74) is 7.53. The van der Waals surface area contributed by atoms with Gasteiger partial charge in [0.1, 0.15) is 5.75 Å². The Bertz CT molecular complexity index is 785. The van der Waals surface area contributed by atoms with E-state index in [1.54, 1.807) is 18.2 Å². The third-order valence-electron chi connectivity index (χ3n) is 3.77. The van der Waals surface area contributed by atoms with Crippen molar-refractivity contribution in [3.63, 3.8) is 0 Å². The summed E-state index contributed by atoms with van der Waals surface area (Å²) in [5.74, 6) is 0.317. The van der Waals surface area contributed by atoms with Crippen molar-refractivity contribution in [1.82, 2.24) is 5.43 Å². The molecule has 1 amide bonds. The molecule has 24 heavy (non-hydrogen) atoms. The third kappa shape index (κ3) is 4.83. The Morgan fingerprint density at radius 2 is 1.83 bits per heavy atom. The van der Waals surface area contributed by atoms with E-state index in [-0.39, 0.29) is 12.5 Å². The molecule has 0 aromatic heterocycles. The highest BCUT2D eigenvalue weighted by atomic mass is 35.5. The minimum absolute atomic E-state index is 0.105. The fourth-order valence-electron chi connectivity index (χ4n) is 2.13. The number of hydrogen-bond donors (Lipinski definition) is 1. The molecule has 0 saturated heterocycles. The van der Waals surface area contributed by atoms with Crippen molar-refractivity contribution < 1.29 is 9.53 Å². The average Bonchev–Trinajstić information content (AvgIpc) is 2.54. The van der Waals surface area contributed by atoms with Crippen LogP contribution in [0.4, 0.5) is 0 Å². The molecule has 126 valence electrons. The summed E-state index contributed by atoms with van der Waals surface area (Å²) >= 11 is 5.89. The largest absolute Gasteiger partial charge is 0.483 e. The second-order valence-electron chi connectivity index (χ2n) is 5.73. The molecule has 0 aliphatic rings. The van der Waals surface area contributed by atoms with Gasteiger partial charge in [0.15, 0.2) is 6.61 Å². The molecule has 0 saturated carbocycles. The van der Waals surface area contributed by atoms with E-state index in [1.807, 2.05) is 39.0 Å². The summed E-state index contributed by atoms with van der Waals surface area (Å²) in [6.07, 6.45) is 0. The zero-order valence-electron chi connectivity index (χ0n) is 14.3. The van der Waals surface area contributed by atoms with Gasteiger partial charge in [-0.1, -0.05) is 23.7 Å². The van der Waals surface area contributed by atoms with Gasteiger partial charge in [-0.25, -0.2) is 5.43 Å². The van der Waals surface area contributed by atoms with Crippen molar-refractivity contribution in [2.75, 3.05) is 6.61 Å². The number of aryl methyl sites for hydroxylation is 3. The molecule has 0 bridgehead atoms. The van der Waals surface area contributed by atoms with Crippen LogP contribution in [0.1, 0.15) is 29.2 Å². The van der Waals surface area contributed by atoms with Gasteiger partial charge in [0.25, 0.3) is 5.91 Å². The number of nitrogens with zero attached hydrogens (tertiary/aromatic N) is 1. The van der Waals surface area contributed by atoms with Crippen molar-refractivity contribution >= 4 is 23.2 Å². The number of hydrazone groups is 1. The lowest BCUT2D eigenvalue weighted by atomic mass is 10.0. The van der Waals surface area contributed by atoms with Gasteiger partial charge < -0.3 is 4.74 Å². The van der Waals surface area contributed by atoms with Gasteiger partial charge in [-0.2, -0.15) is 5.10 Å². The summed E-state index contributed by atoms with van der Waals surface area (Å²) in [5, 5.41) is 4.77. The summed E-state index contributed by atoms with van der Waals surface area (Å²) in [7, 11) is 0. The van der Waals surface area contributed by atoms with Gasteiger partial charge in [0.2, 0.25) is 0 Å². The van der Waals surface area contributed by atoms with Crippen molar-refractivity contribution in [1.29, 1.82) is 0 Å². The Morgan fingerprint density at radius 1 is 1.08 bits per heavy atom. The number of carbonyl (C=O) groups excluding carboxylic acids is 1. The van der Waals surface area contributed by atoms with Crippen LogP contribution in [0.15, 0.2) is 41.5 Å². The number of nitrogens with one attached hydrogen (secondary N) is 1. The van der Waals surface area contributed by atoms with Crippen molar-refractivity contribution in [3.8, 4) is 5.75 Å². The van der Waals surface area contributed by atoms with Crippen LogP contribution in [0.2, 0.25) is 5.02 Å².